The minimum absolute atomic E-state index is 0.000882. The monoisotopic (exact) mass is 440 g/mol. The Hall–Kier alpha value is -2.86. The summed E-state index contributed by atoms with van der Waals surface area (Å²) in [5.41, 5.74) is 0.400. The van der Waals surface area contributed by atoms with Gasteiger partial charge in [-0.3, -0.25) is 9.78 Å². The van der Waals surface area contributed by atoms with Crippen LogP contribution in [0.15, 0.2) is 29.0 Å². The maximum atomic E-state index is 13.7. The van der Waals surface area contributed by atoms with E-state index in [1.54, 1.807) is 12.4 Å². The van der Waals surface area contributed by atoms with Crippen LogP contribution < -0.4 is 5.32 Å². The van der Waals surface area contributed by atoms with Gasteiger partial charge in [-0.15, -0.1) is 0 Å². The Balaban J connectivity index is 1.39. The Morgan fingerprint density at radius 3 is 2.84 bits per heavy atom. The molecule has 0 spiro atoms. The second-order valence-corrected chi connectivity index (χ2v) is 9.62. The molecule has 4 rings (SSSR count). The lowest BCUT2D eigenvalue weighted by Gasteiger charge is -2.42. The molecule has 1 saturated heterocycles. The molecule has 170 valence electrons. The van der Waals surface area contributed by atoms with Crippen molar-refractivity contribution >= 4 is 5.91 Å². The van der Waals surface area contributed by atoms with Crippen molar-refractivity contribution in [3.8, 4) is 17.5 Å². The van der Waals surface area contributed by atoms with E-state index in [-0.39, 0.29) is 36.4 Å². The molecule has 0 radical (unpaired) electrons. The third-order valence-corrected chi connectivity index (χ3v) is 7.61. The summed E-state index contributed by atoms with van der Waals surface area (Å²) < 4.78 is 19.1. The molecule has 3 heterocycles. The summed E-state index contributed by atoms with van der Waals surface area (Å²) in [6, 6.07) is 5.02. The first-order chi connectivity index (χ1) is 15.2. The molecule has 1 aliphatic carbocycles. The number of rotatable bonds is 6. The molecule has 4 atom stereocenters. The van der Waals surface area contributed by atoms with Crippen LogP contribution in [-0.4, -0.2) is 56.8 Å². The summed E-state index contributed by atoms with van der Waals surface area (Å²) in [6.45, 7) is 6.60. The highest BCUT2D eigenvalue weighted by Crippen LogP contribution is 2.51. The lowest BCUT2D eigenvalue weighted by Crippen LogP contribution is -2.55. The lowest BCUT2D eigenvalue weighted by atomic mass is 9.70. The molecular formula is C23H29FN6O2. The van der Waals surface area contributed by atoms with Crippen LogP contribution in [0.4, 0.5) is 4.39 Å². The van der Waals surface area contributed by atoms with Crippen molar-refractivity contribution in [3.05, 3.63) is 30.4 Å². The fraction of sp³-hybridized carbons (Fsp3) is 0.609. The second-order valence-electron chi connectivity index (χ2n) is 9.62. The minimum atomic E-state index is -1.13. The maximum absolute atomic E-state index is 13.7. The zero-order valence-electron chi connectivity index (χ0n) is 18.7. The summed E-state index contributed by atoms with van der Waals surface area (Å²) in [7, 11) is 0. The lowest BCUT2D eigenvalue weighted by molar-refractivity contribution is -0.131. The predicted octanol–water partition coefficient (Wildman–Crippen LogP) is 2.92. The second kappa shape index (κ2) is 8.58. The highest BCUT2D eigenvalue weighted by Gasteiger charge is 2.51. The number of pyridine rings is 1. The molecule has 1 amide bonds. The van der Waals surface area contributed by atoms with E-state index in [2.05, 4.69) is 41.2 Å². The minimum Gasteiger partial charge on any atom is -0.334 e. The van der Waals surface area contributed by atoms with Crippen LogP contribution in [0, 0.1) is 22.7 Å². The van der Waals surface area contributed by atoms with Crippen molar-refractivity contribution in [3.63, 3.8) is 0 Å². The quantitative estimate of drug-likeness (QED) is 0.736. The number of halogens is 1. The van der Waals surface area contributed by atoms with Gasteiger partial charge in [-0.1, -0.05) is 19.0 Å². The van der Waals surface area contributed by atoms with Gasteiger partial charge in [0.2, 0.25) is 5.91 Å². The van der Waals surface area contributed by atoms with Crippen molar-refractivity contribution in [2.45, 2.75) is 64.2 Å². The number of nitriles is 1. The van der Waals surface area contributed by atoms with E-state index in [0.717, 1.165) is 18.4 Å². The Labute approximate surface area is 187 Å². The van der Waals surface area contributed by atoms with Crippen LogP contribution in [0.5, 0.6) is 0 Å². The van der Waals surface area contributed by atoms with Crippen LogP contribution >= 0.6 is 0 Å². The van der Waals surface area contributed by atoms with Crippen molar-refractivity contribution in [1.29, 1.82) is 5.26 Å². The molecule has 2 aromatic heterocycles. The number of carbonyl (C=O) groups is 1. The molecule has 0 unspecified atom stereocenters. The zero-order chi connectivity index (χ0) is 22.9. The van der Waals surface area contributed by atoms with Crippen LogP contribution in [0.1, 0.15) is 45.9 Å². The molecule has 1 aliphatic heterocycles. The Bertz CT molecular complexity index is 1000. The first kappa shape index (κ1) is 22.3. The average Bonchev–Trinajstić information content (AvgIpc) is 3.46. The molecule has 0 aromatic carbocycles. The fourth-order valence-corrected chi connectivity index (χ4v) is 4.99. The standard InChI is InChI=1S/C23H29FN6O2/c1-22(2)16(10-19-28-21(32-29-19)15-5-8-26-9-6-15)4-7-23(22,3)27-13-20(31)30-14-17(24)11-18(30)12-25/h5-6,8-9,16-18,27H,4,7,10-11,13-14H2,1-3H3/t16-,17-,18-,23-/m0/s1. The van der Waals surface area contributed by atoms with Gasteiger partial charge < -0.3 is 14.7 Å². The van der Waals surface area contributed by atoms with E-state index in [0.29, 0.717) is 24.1 Å². The van der Waals surface area contributed by atoms with Gasteiger partial charge in [0, 0.05) is 36.3 Å². The summed E-state index contributed by atoms with van der Waals surface area (Å²) in [5, 5.41) is 16.8. The van der Waals surface area contributed by atoms with Crippen LogP contribution in [-0.2, 0) is 11.2 Å². The van der Waals surface area contributed by atoms with Gasteiger partial charge in [0.05, 0.1) is 19.2 Å². The highest BCUT2D eigenvalue weighted by molar-refractivity contribution is 5.79. The fourth-order valence-electron chi connectivity index (χ4n) is 4.99. The van der Waals surface area contributed by atoms with Gasteiger partial charge in [-0.05, 0) is 43.2 Å². The van der Waals surface area contributed by atoms with Crippen LogP contribution in [0.3, 0.4) is 0 Å². The molecule has 32 heavy (non-hydrogen) atoms. The molecule has 2 fully saturated rings. The topological polar surface area (TPSA) is 108 Å². The Morgan fingerprint density at radius 2 is 2.12 bits per heavy atom. The van der Waals surface area contributed by atoms with Gasteiger partial charge in [-0.25, -0.2) is 4.39 Å². The molecular weight excluding hydrogens is 411 g/mol. The number of hydrogen-bond acceptors (Lipinski definition) is 7. The molecule has 1 saturated carbocycles. The van der Waals surface area contributed by atoms with E-state index < -0.39 is 12.2 Å². The van der Waals surface area contributed by atoms with Crippen molar-refractivity contribution in [2.24, 2.45) is 11.3 Å². The number of amides is 1. The number of likely N-dealkylation sites (tertiary alicyclic amines) is 1. The molecule has 2 aromatic rings. The largest absolute Gasteiger partial charge is 0.334 e. The first-order valence-corrected chi connectivity index (χ1v) is 11.0. The molecule has 0 bridgehead atoms. The number of hydrogen-bond donors (Lipinski definition) is 1. The van der Waals surface area contributed by atoms with Gasteiger partial charge in [-0.2, -0.15) is 10.2 Å². The van der Waals surface area contributed by atoms with Gasteiger partial charge in [0.15, 0.2) is 5.82 Å². The average molecular weight is 441 g/mol. The summed E-state index contributed by atoms with van der Waals surface area (Å²) in [6.07, 6.45) is 4.87. The predicted molar refractivity (Wildman–Crippen MR) is 115 cm³/mol. The van der Waals surface area contributed by atoms with E-state index in [4.69, 9.17) is 4.52 Å². The molecule has 2 aliphatic rings. The molecule has 1 N–H and O–H groups in total. The van der Waals surface area contributed by atoms with Crippen molar-refractivity contribution in [2.75, 3.05) is 13.1 Å². The number of aromatic nitrogens is 3. The van der Waals surface area contributed by atoms with Crippen LogP contribution in [0.25, 0.3) is 11.5 Å². The summed E-state index contributed by atoms with van der Waals surface area (Å²) in [5.74, 6) is 1.22. The van der Waals surface area contributed by atoms with Gasteiger partial charge in [0.1, 0.15) is 12.2 Å². The summed E-state index contributed by atoms with van der Waals surface area (Å²) in [4.78, 5) is 22.6. The third kappa shape index (κ3) is 4.11. The summed E-state index contributed by atoms with van der Waals surface area (Å²) >= 11 is 0. The number of carbonyl (C=O) groups excluding carboxylic acids is 1. The SMILES string of the molecule is CC1(C)[C@H](Cc2noc(-c3ccncc3)n2)CC[C@]1(C)NCC(=O)N1C[C@@H](F)C[C@H]1C#N. The Kier molecular flexibility index (Phi) is 5.99. The smallest absolute Gasteiger partial charge is 0.258 e. The normalized spacial score (nSPS) is 29.2. The van der Waals surface area contributed by atoms with E-state index in [9.17, 15) is 14.4 Å². The number of alkyl halides is 1. The van der Waals surface area contributed by atoms with E-state index in [1.165, 1.54) is 4.90 Å². The van der Waals surface area contributed by atoms with E-state index in [1.807, 2.05) is 18.2 Å². The van der Waals surface area contributed by atoms with Gasteiger partial charge in [0.25, 0.3) is 5.89 Å². The first-order valence-electron chi connectivity index (χ1n) is 11.0. The van der Waals surface area contributed by atoms with Crippen molar-refractivity contribution in [1.82, 2.24) is 25.3 Å². The van der Waals surface area contributed by atoms with Crippen LogP contribution in [0.2, 0.25) is 0 Å². The zero-order valence-corrected chi connectivity index (χ0v) is 18.7. The molecule has 9 heteroatoms. The third-order valence-electron chi connectivity index (χ3n) is 7.61. The Morgan fingerprint density at radius 1 is 1.38 bits per heavy atom. The van der Waals surface area contributed by atoms with Gasteiger partial charge >= 0.3 is 0 Å². The molecule has 8 nitrogen and oxygen atoms in total. The number of nitrogens with one attached hydrogen (secondary N) is 1. The number of nitrogens with zero attached hydrogens (tertiary/aromatic N) is 5. The van der Waals surface area contributed by atoms with E-state index >= 15 is 0 Å². The maximum Gasteiger partial charge on any atom is 0.258 e. The highest BCUT2D eigenvalue weighted by atomic mass is 19.1. The van der Waals surface area contributed by atoms with Crippen molar-refractivity contribution < 1.29 is 13.7 Å².